The van der Waals surface area contributed by atoms with E-state index in [1.54, 1.807) is 28.9 Å². The van der Waals surface area contributed by atoms with Crippen LogP contribution in [0.25, 0.3) is 11.3 Å². The third-order valence-electron chi connectivity index (χ3n) is 5.26. The Labute approximate surface area is 195 Å². The molecular formula is C23H24N4OS3. The molecule has 1 fully saturated rings. The van der Waals surface area contributed by atoms with Gasteiger partial charge < -0.3 is 0 Å². The Hall–Kier alpha value is -2.03. The lowest BCUT2D eigenvalue weighted by Crippen LogP contribution is -2.24. The second kappa shape index (κ2) is 10.1. The lowest BCUT2D eigenvalue weighted by molar-refractivity contribution is 0.523. The summed E-state index contributed by atoms with van der Waals surface area (Å²) in [6.45, 7) is 8.21. The molecule has 2 heterocycles. The van der Waals surface area contributed by atoms with Crippen molar-refractivity contribution in [2.45, 2.75) is 35.8 Å². The summed E-state index contributed by atoms with van der Waals surface area (Å²) in [6, 6.07) is 1.59. The molecule has 8 heteroatoms. The monoisotopic (exact) mass is 468 g/mol. The fourth-order valence-corrected chi connectivity index (χ4v) is 5.76. The van der Waals surface area contributed by atoms with Gasteiger partial charge in [-0.2, -0.15) is 0 Å². The maximum atomic E-state index is 12.8. The molecule has 0 amide bonds. The second-order valence-corrected chi connectivity index (χ2v) is 10.6. The minimum Gasteiger partial charge on any atom is -0.277 e. The fourth-order valence-electron chi connectivity index (χ4n) is 3.28. The molecule has 3 aliphatic rings. The van der Waals surface area contributed by atoms with Gasteiger partial charge >= 0.3 is 0 Å². The van der Waals surface area contributed by atoms with Gasteiger partial charge in [0.25, 0.3) is 5.56 Å². The maximum Gasteiger partial charge on any atom is 0.258 e. The van der Waals surface area contributed by atoms with E-state index in [-0.39, 0.29) is 11.6 Å². The van der Waals surface area contributed by atoms with Crippen LogP contribution in [0.1, 0.15) is 25.0 Å². The summed E-state index contributed by atoms with van der Waals surface area (Å²) in [6.07, 6.45) is 17.1. The van der Waals surface area contributed by atoms with Crippen molar-refractivity contribution in [3.05, 3.63) is 77.0 Å². The first-order chi connectivity index (χ1) is 15.0. The normalized spacial score (nSPS) is 23.0. The number of thioether (sulfide) groups is 3. The van der Waals surface area contributed by atoms with Crippen molar-refractivity contribution in [1.82, 2.24) is 9.55 Å². The minimum atomic E-state index is -0.156. The summed E-state index contributed by atoms with van der Waals surface area (Å²) in [4.78, 5) is 27.2. The first-order valence-electron chi connectivity index (χ1n) is 10.0. The van der Waals surface area contributed by atoms with E-state index in [0.717, 1.165) is 15.6 Å². The van der Waals surface area contributed by atoms with Gasteiger partial charge in [0.05, 0.1) is 22.5 Å². The molecular weight excluding hydrogens is 444 g/mol. The molecule has 0 bridgehead atoms. The van der Waals surface area contributed by atoms with Gasteiger partial charge in [-0.1, -0.05) is 25.7 Å². The number of allylic oxidation sites excluding steroid dienone is 3. The van der Waals surface area contributed by atoms with Crippen LogP contribution in [-0.4, -0.2) is 42.9 Å². The molecule has 0 radical (unpaired) electrons. The maximum absolute atomic E-state index is 12.8. The van der Waals surface area contributed by atoms with Gasteiger partial charge in [0.1, 0.15) is 11.4 Å². The van der Waals surface area contributed by atoms with Crippen LogP contribution in [0.2, 0.25) is 0 Å². The van der Waals surface area contributed by atoms with Crippen molar-refractivity contribution in [3.8, 4) is 0 Å². The van der Waals surface area contributed by atoms with Crippen LogP contribution in [0.3, 0.4) is 0 Å². The summed E-state index contributed by atoms with van der Waals surface area (Å²) in [5.41, 5.74) is 3.66. The molecule has 5 nitrogen and oxygen atoms in total. The SMILES string of the molecule is C=C(/C=C\N=C(SC)C(=C)c1cc(=O)n(C2=CC3N=CSC3C=C2)cn1)SC1CCC1. The highest BCUT2D eigenvalue weighted by molar-refractivity contribution is 8.14. The summed E-state index contributed by atoms with van der Waals surface area (Å²) in [7, 11) is 0. The van der Waals surface area contributed by atoms with Crippen molar-refractivity contribution in [2.24, 2.45) is 9.98 Å². The molecule has 1 aliphatic heterocycles. The number of aliphatic imine (C=N–C) groups is 2. The Morgan fingerprint density at radius 1 is 1.39 bits per heavy atom. The van der Waals surface area contributed by atoms with Crippen molar-refractivity contribution >= 4 is 57.1 Å². The van der Waals surface area contributed by atoms with Crippen molar-refractivity contribution in [1.29, 1.82) is 0 Å². The average Bonchev–Trinajstić information content (AvgIpc) is 3.21. The molecule has 1 aromatic heterocycles. The van der Waals surface area contributed by atoms with Crippen LogP contribution in [0.4, 0.5) is 0 Å². The number of hydrogen-bond donors (Lipinski definition) is 0. The fraction of sp³-hybridized carbons (Fsp3) is 0.304. The minimum absolute atomic E-state index is 0.0748. The topological polar surface area (TPSA) is 59.6 Å². The molecule has 4 rings (SSSR count). The molecule has 0 spiro atoms. The van der Waals surface area contributed by atoms with Crippen LogP contribution in [0.5, 0.6) is 0 Å². The van der Waals surface area contributed by atoms with Crippen molar-refractivity contribution < 1.29 is 0 Å². The number of rotatable bonds is 7. The molecule has 160 valence electrons. The Kier molecular flexibility index (Phi) is 7.20. The second-order valence-electron chi connectivity index (χ2n) is 7.35. The van der Waals surface area contributed by atoms with E-state index < -0.39 is 0 Å². The molecule has 0 saturated heterocycles. The first-order valence-corrected chi connectivity index (χ1v) is 13.1. The van der Waals surface area contributed by atoms with E-state index in [4.69, 9.17) is 0 Å². The van der Waals surface area contributed by atoms with Gasteiger partial charge in [0.2, 0.25) is 0 Å². The highest BCUT2D eigenvalue weighted by Gasteiger charge is 2.24. The van der Waals surface area contributed by atoms with Gasteiger partial charge in [-0.3, -0.25) is 14.4 Å². The average molecular weight is 469 g/mol. The molecule has 2 aliphatic carbocycles. The third-order valence-corrected chi connectivity index (χ3v) is 8.23. The zero-order valence-electron chi connectivity index (χ0n) is 17.3. The molecule has 2 unspecified atom stereocenters. The smallest absolute Gasteiger partial charge is 0.258 e. The molecule has 2 atom stereocenters. The standard InChI is InChI=1S/C23H24N4OS3/c1-15(31-18-5-4-6-18)9-10-24-23(29-3)16(2)19-12-22(28)27(13-25-19)17-7-8-21-20(11-17)26-14-30-21/h7-14,18,20-21H,1-2,4-6H2,3H3/b10-9-,24-23?. The summed E-state index contributed by atoms with van der Waals surface area (Å²) in [5, 5.41) is 1.74. The predicted octanol–water partition coefficient (Wildman–Crippen LogP) is 5.25. The Balaban J connectivity index is 1.46. The van der Waals surface area contributed by atoms with Gasteiger partial charge in [0, 0.05) is 33.7 Å². The molecule has 0 aromatic carbocycles. The van der Waals surface area contributed by atoms with Gasteiger partial charge in [-0.05, 0) is 37.3 Å². The number of aromatic nitrogens is 2. The lowest BCUT2D eigenvalue weighted by Gasteiger charge is -2.24. The molecule has 0 N–H and O–H groups in total. The van der Waals surface area contributed by atoms with E-state index in [9.17, 15) is 4.79 Å². The predicted molar refractivity (Wildman–Crippen MR) is 139 cm³/mol. The van der Waals surface area contributed by atoms with Crippen LogP contribution in [-0.2, 0) is 0 Å². The number of fused-ring (bicyclic) bond motifs is 1. The lowest BCUT2D eigenvalue weighted by atomic mass is 10.0. The van der Waals surface area contributed by atoms with Crippen molar-refractivity contribution in [3.63, 3.8) is 0 Å². The Morgan fingerprint density at radius 2 is 2.23 bits per heavy atom. The summed E-state index contributed by atoms with van der Waals surface area (Å²) < 4.78 is 1.54. The number of hydrogen-bond acceptors (Lipinski definition) is 7. The van der Waals surface area contributed by atoms with E-state index in [0.29, 0.717) is 21.8 Å². The van der Waals surface area contributed by atoms with Crippen molar-refractivity contribution in [2.75, 3.05) is 6.26 Å². The Bertz CT molecular complexity index is 1090. The third kappa shape index (κ3) is 5.25. The number of nitrogens with zero attached hydrogens (tertiary/aromatic N) is 4. The quantitative estimate of drug-likeness (QED) is 0.311. The van der Waals surface area contributed by atoms with E-state index >= 15 is 0 Å². The first kappa shape index (κ1) is 22.2. The highest BCUT2D eigenvalue weighted by atomic mass is 32.2. The summed E-state index contributed by atoms with van der Waals surface area (Å²) >= 11 is 4.98. The zero-order valence-corrected chi connectivity index (χ0v) is 19.8. The van der Waals surface area contributed by atoms with Crippen LogP contribution < -0.4 is 5.56 Å². The van der Waals surface area contributed by atoms with Crippen LogP contribution in [0, 0.1) is 0 Å². The van der Waals surface area contributed by atoms with E-state index in [1.165, 1.54) is 37.1 Å². The van der Waals surface area contributed by atoms with E-state index in [2.05, 4.69) is 34.2 Å². The van der Waals surface area contributed by atoms with Crippen LogP contribution >= 0.6 is 35.3 Å². The van der Waals surface area contributed by atoms with E-state index in [1.807, 2.05) is 41.8 Å². The highest BCUT2D eigenvalue weighted by Crippen LogP contribution is 2.35. The van der Waals surface area contributed by atoms with Gasteiger partial charge in [-0.15, -0.1) is 35.3 Å². The largest absolute Gasteiger partial charge is 0.277 e. The molecule has 31 heavy (non-hydrogen) atoms. The Morgan fingerprint density at radius 3 is 2.94 bits per heavy atom. The summed E-state index contributed by atoms with van der Waals surface area (Å²) in [5.74, 6) is 0. The van der Waals surface area contributed by atoms with Gasteiger partial charge in [0.15, 0.2) is 0 Å². The van der Waals surface area contributed by atoms with Crippen LogP contribution in [0.15, 0.2) is 75.7 Å². The van der Waals surface area contributed by atoms with Gasteiger partial charge in [-0.25, -0.2) is 9.98 Å². The molecule has 1 saturated carbocycles. The zero-order chi connectivity index (χ0) is 21.8. The molecule has 1 aromatic rings.